The van der Waals surface area contributed by atoms with Gasteiger partial charge < -0.3 is 14.5 Å². The molecule has 0 unspecified atom stereocenters. The lowest BCUT2D eigenvalue weighted by Gasteiger charge is -2.12. The molecule has 8 nitrogen and oxygen atoms in total. The number of ether oxygens (including phenoxy) is 1. The van der Waals surface area contributed by atoms with E-state index in [1.54, 1.807) is 24.4 Å². The molecule has 1 saturated carbocycles. The van der Waals surface area contributed by atoms with Gasteiger partial charge in [0.1, 0.15) is 10.6 Å². The molecule has 29 heavy (non-hydrogen) atoms. The number of sulfonamides is 1. The van der Waals surface area contributed by atoms with Gasteiger partial charge in [0.25, 0.3) is 5.91 Å². The van der Waals surface area contributed by atoms with E-state index in [0.29, 0.717) is 11.4 Å². The Morgan fingerprint density at radius 2 is 2.03 bits per heavy atom. The molecule has 0 atom stereocenters. The number of benzene rings is 2. The maximum absolute atomic E-state index is 12.7. The summed E-state index contributed by atoms with van der Waals surface area (Å²) in [6, 6.07) is 11.3. The monoisotopic (exact) mass is 413 g/mol. The molecule has 0 saturated heterocycles. The predicted molar refractivity (Wildman–Crippen MR) is 106 cm³/mol. The zero-order chi connectivity index (χ0) is 20.4. The third-order valence-electron chi connectivity index (χ3n) is 4.45. The van der Waals surface area contributed by atoms with Crippen LogP contribution in [0, 0.1) is 0 Å². The molecule has 9 heteroatoms. The van der Waals surface area contributed by atoms with Crippen molar-refractivity contribution in [1.29, 1.82) is 0 Å². The lowest BCUT2D eigenvalue weighted by molar-refractivity contribution is 0.102. The van der Waals surface area contributed by atoms with Crippen LogP contribution < -0.4 is 14.8 Å². The number of anilines is 1. The summed E-state index contributed by atoms with van der Waals surface area (Å²) in [5.74, 6) is 0.317. The first-order valence-corrected chi connectivity index (χ1v) is 10.5. The Kier molecular flexibility index (Phi) is 5.08. The fourth-order valence-electron chi connectivity index (χ4n) is 2.82. The first kappa shape index (κ1) is 19.2. The minimum atomic E-state index is -3.78. The van der Waals surface area contributed by atoms with E-state index in [9.17, 15) is 13.2 Å². The highest BCUT2D eigenvalue weighted by Gasteiger charge is 2.30. The number of amides is 1. The smallest absolute Gasteiger partial charge is 0.255 e. The summed E-state index contributed by atoms with van der Waals surface area (Å²) in [6.45, 7) is 0. The van der Waals surface area contributed by atoms with Gasteiger partial charge in [-0.05, 0) is 43.2 Å². The zero-order valence-electron chi connectivity index (χ0n) is 15.6. The second-order valence-electron chi connectivity index (χ2n) is 6.66. The molecule has 1 aromatic heterocycles. The molecular formula is C20H19N3O5S. The minimum Gasteiger partial charge on any atom is -0.495 e. The van der Waals surface area contributed by atoms with Crippen LogP contribution in [0.3, 0.4) is 0 Å². The second kappa shape index (κ2) is 7.69. The van der Waals surface area contributed by atoms with Crippen LogP contribution in [-0.2, 0) is 10.0 Å². The SMILES string of the molecule is COc1ccc(C(=O)Nc2cccc(-c3cnco3)c2)cc1S(=O)(=O)NC1CC1. The molecule has 0 bridgehead atoms. The van der Waals surface area contributed by atoms with E-state index in [1.165, 1.54) is 31.7 Å². The molecule has 1 aliphatic rings. The third-order valence-corrected chi connectivity index (χ3v) is 5.99. The second-order valence-corrected chi connectivity index (χ2v) is 8.34. The lowest BCUT2D eigenvalue weighted by Crippen LogP contribution is -2.26. The number of carbonyl (C=O) groups excluding carboxylic acids is 1. The van der Waals surface area contributed by atoms with Gasteiger partial charge in [0.15, 0.2) is 12.2 Å². The number of oxazole rings is 1. The van der Waals surface area contributed by atoms with E-state index in [2.05, 4.69) is 15.0 Å². The summed E-state index contributed by atoms with van der Waals surface area (Å²) in [5.41, 5.74) is 1.50. The fourth-order valence-corrected chi connectivity index (χ4v) is 4.32. The van der Waals surface area contributed by atoms with Crippen molar-refractivity contribution in [1.82, 2.24) is 9.71 Å². The number of nitrogens with one attached hydrogen (secondary N) is 2. The molecule has 4 rings (SSSR count). The van der Waals surface area contributed by atoms with Gasteiger partial charge in [0.2, 0.25) is 10.0 Å². The number of nitrogens with zero attached hydrogens (tertiary/aromatic N) is 1. The van der Waals surface area contributed by atoms with Crippen molar-refractivity contribution in [2.24, 2.45) is 0 Å². The van der Waals surface area contributed by atoms with Crippen LogP contribution in [0.15, 0.2) is 64.4 Å². The number of aromatic nitrogens is 1. The summed E-state index contributed by atoms with van der Waals surface area (Å²) in [4.78, 5) is 16.5. The van der Waals surface area contributed by atoms with Gasteiger partial charge in [0, 0.05) is 22.9 Å². The maximum Gasteiger partial charge on any atom is 0.255 e. The van der Waals surface area contributed by atoms with E-state index in [1.807, 2.05) is 6.07 Å². The molecular weight excluding hydrogens is 394 g/mol. The largest absolute Gasteiger partial charge is 0.495 e. The molecule has 1 fully saturated rings. The summed E-state index contributed by atoms with van der Waals surface area (Å²) in [6.07, 6.45) is 4.52. The number of methoxy groups -OCH3 is 1. The highest BCUT2D eigenvalue weighted by molar-refractivity contribution is 7.89. The van der Waals surface area contributed by atoms with Crippen LogP contribution in [0.1, 0.15) is 23.2 Å². The van der Waals surface area contributed by atoms with E-state index >= 15 is 0 Å². The predicted octanol–water partition coefficient (Wildman–Crippen LogP) is 3.04. The van der Waals surface area contributed by atoms with Crippen molar-refractivity contribution < 1.29 is 22.4 Å². The standard InChI is InChI=1S/C20H19N3O5S/c1-27-17-8-5-14(10-19(17)29(25,26)23-15-6-7-15)20(24)22-16-4-2-3-13(9-16)18-11-21-12-28-18/h2-5,8-12,15,23H,6-7H2,1H3,(H,22,24). The molecule has 2 aromatic carbocycles. The van der Waals surface area contributed by atoms with E-state index in [4.69, 9.17) is 9.15 Å². The van der Waals surface area contributed by atoms with Gasteiger partial charge in [0.05, 0.1) is 13.3 Å². The van der Waals surface area contributed by atoms with Crippen LogP contribution in [0.4, 0.5) is 5.69 Å². The summed E-state index contributed by atoms with van der Waals surface area (Å²) >= 11 is 0. The van der Waals surface area contributed by atoms with Crippen LogP contribution in [0.5, 0.6) is 5.75 Å². The van der Waals surface area contributed by atoms with Gasteiger partial charge in [-0.25, -0.2) is 18.1 Å². The van der Waals surface area contributed by atoms with E-state index < -0.39 is 15.9 Å². The maximum atomic E-state index is 12.7. The number of hydrogen-bond donors (Lipinski definition) is 2. The van der Waals surface area contributed by atoms with Crippen molar-refractivity contribution in [3.05, 3.63) is 60.6 Å². The van der Waals surface area contributed by atoms with Crippen molar-refractivity contribution in [3.63, 3.8) is 0 Å². The summed E-state index contributed by atoms with van der Waals surface area (Å²) < 4.78 is 38.3. The molecule has 150 valence electrons. The highest BCUT2D eigenvalue weighted by Crippen LogP contribution is 2.29. The van der Waals surface area contributed by atoms with Crippen LogP contribution in [0.25, 0.3) is 11.3 Å². The Morgan fingerprint density at radius 1 is 1.21 bits per heavy atom. The van der Waals surface area contributed by atoms with Gasteiger partial charge in [-0.3, -0.25) is 4.79 Å². The normalized spacial score (nSPS) is 13.8. The molecule has 1 aliphatic carbocycles. The fraction of sp³-hybridized carbons (Fsp3) is 0.200. The number of rotatable bonds is 7. The number of carbonyl (C=O) groups is 1. The topological polar surface area (TPSA) is 111 Å². The van der Waals surface area contributed by atoms with Gasteiger partial charge in [-0.2, -0.15) is 0 Å². The van der Waals surface area contributed by atoms with Gasteiger partial charge in [-0.15, -0.1) is 0 Å². The van der Waals surface area contributed by atoms with E-state index in [0.717, 1.165) is 18.4 Å². The molecule has 1 amide bonds. The van der Waals surface area contributed by atoms with Crippen LogP contribution >= 0.6 is 0 Å². The minimum absolute atomic E-state index is 0.0546. The molecule has 2 N–H and O–H groups in total. The zero-order valence-corrected chi connectivity index (χ0v) is 16.4. The quantitative estimate of drug-likeness (QED) is 0.616. The van der Waals surface area contributed by atoms with Crippen molar-refractivity contribution >= 4 is 21.6 Å². The van der Waals surface area contributed by atoms with Gasteiger partial charge >= 0.3 is 0 Å². The summed E-state index contributed by atoms with van der Waals surface area (Å²) in [5, 5.41) is 2.77. The van der Waals surface area contributed by atoms with Crippen molar-refractivity contribution in [2.75, 3.05) is 12.4 Å². The first-order valence-electron chi connectivity index (χ1n) is 8.97. The highest BCUT2D eigenvalue weighted by atomic mass is 32.2. The lowest BCUT2D eigenvalue weighted by atomic mass is 10.1. The number of hydrogen-bond acceptors (Lipinski definition) is 6. The Hall–Kier alpha value is -3.17. The Labute approximate surface area is 168 Å². The molecule has 0 aliphatic heterocycles. The third kappa shape index (κ3) is 4.30. The Balaban J connectivity index is 1.59. The molecule has 1 heterocycles. The molecule has 0 radical (unpaired) electrons. The molecule has 3 aromatic rings. The van der Waals surface area contributed by atoms with Crippen molar-refractivity contribution in [2.45, 2.75) is 23.8 Å². The molecule has 0 spiro atoms. The van der Waals surface area contributed by atoms with Crippen molar-refractivity contribution in [3.8, 4) is 17.1 Å². The van der Waals surface area contributed by atoms with Gasteiger partial charge in [-0.1, -0.05) is 12.1 Å². The average molecular weight is 413 g/mol. The van der Waals surface area contributed by atoms with E-state index in [-0.39, 0.29) is 22.3 Å². The average Bonchev–Trinajstić information content (AvgIpc) is 3.34. The Morgan fingerprint density at radius 3 is 2.72 bits per heavy atom. The van der Waals surface area contributed by atoms with Crippen LogP contribution in [-0.4, -0.2) is 32.5 Å². The first-order chi connectivity index (χ1) is 14.0. The summed E-state index contributed by atoms with van der Waals surface area (Å²) in [7, 11) is -2.39. The Bertz CT molecular complexity index is 1140. The van der Waals surface area contributed by atoms with Crippen LogP contribution in [0.2, 0.25) is 0 Å².